The molecule has 0 N–H and O–H groups in total. The molecule has 4 aromatic carbocycles. The predicted octanol–water partition coefficient (Wildman–Crippen LogP) is 7.52. The van der Waals surface area contributed by atoms with E-state index in [1.165, 1.54) is 16.8 Å². The van der Waals surface area contributed by atoms with Gasteiger partial charge in [0.1, 0.15) is 17.1 Å². The summed E-state index contributed by atoms with van der Waals surface area (Å²) in [6, 6.07) is 37.5. The molecule has 7 rings (SSSR count). The number of ether oxygens (including phenoxy) is 1. The van der Waals surface area contributed by atoms with Crippen LogP contribution in [0.4, 0.5) is 17.1 Å². The van der Waals surface area contributed by atoms with E-state index in [1.807, 2.05) is 36.5 Å². The molecule has 0 bridgehead atoms. The monoisotopic (exact) mass is 468 g/mol. The van der Waals surface area contributed by atoms with Crippen LogP contribution in [0, 0.1) is 0 Å². The molecule has 36 heavy (non-hydrogen) atoms. The lowest BCUT2D eigenvalue weighted by Gasteiger charge is -2.20. The molecule has 0 amide bonds. The van der Waals surface area contributed by atoms with Gasteiger partial charge in [-0.25, -0.2) is 4.98 Å². The van der Waals surface area contributed by atoms with Gasteiger partial charge in [0.25, 0.3) is 0 Å². The van der Waals surface area contributed by atoms with Crippen molar-refractivity contribution in [1.29, 1.82) is 0 Å². The highest BCUT2D eigenvalue weighted by Crippen LogP contribution is 2.40. The number of pyridine rings is 1. The van der Waals surface area contributed by atoms with Crippen LogP contribution in [0.5, 0.6) is 11.5 Å². The molecule has 0 saturated heterocycles. The Morgan fingerprint density at radius 1 is 0.667 bits per heavy atom. The molecule has 1 aliphatic heterocycles. The van der Waals surface area contributed by atoms with E-state index in [0.717, 1.165) is 46.1 Å². The van der Waals surface area contributed by atoms with Crippen LogP contribution >= 0.6 is 0 Å². The standard InChI is InChI=1S/C31H24N4O/c1-33-21-34(30-17-5-4-16-29(30)33)22-9-6-11-24(19-22)36-25-12-7-10-23(20-25)35-28-15-3-2-13-26(28)27-14-8-18-32-31(27)35/h2-20H,21H2,1H3. The maximum Gasteiger partial charge on any atom is 0.145 e. The molecule has 0 atom stereocenters. The minimum atomic E-state index is 0.783. The molecule has 0 radical (unpaired) electrons. The summed E-state index contributed by atoms with van der Waals surface area (Å²) in [4.78, 5) is 9.27. The molecule has 0 unspecified atom stereocenters. The first-order valence-electron chi connectivity index (χ1n) is 12.1. The smallest absolute Gasteiger partial charge is 0.145 e. The molecule has 0 aliphatic carbocycles. The highest BCUT2D eigenvalue weighted by atomic mass is 16.5. The second-order valence-electron chi connectivity index (χ2n) is 9.08. The van der Waals surface area contributed by atoms with Crippen LogP contribution in [-0.2, 0) is 0 Å². The average molecular weight is 469 g/mol. The maximum absolute atomic E-state index is 6.38. The Morgan fingerprint density at radius 3 is 2.22 bits per heavy atom. The first-order valence-corrected chi connectivity index (χ1v) is 12.1. The number of anilines is 3. The van der Waals surface area contributed by atoms with Gasteiger partial charge in [0.05, 0.1) is 29.2 Å². The summed E-state index contributed by atoms with van der Waals surface area (Å²) in [5.41, 5.74) is 6.63. The molecule has 1 aliphatic rings. The maximum atomic E-state index is 6.38. The first kappa shape index (κ1) is 20.6. The number of hydrogen-bond donors (Lipinski definition) is 0. The number of benzene rings is 4. The van der Waals surface area contributed by atoms with Gasteiger partial charge in [-0.2, -0.15) is 0 Å². The molecule has 3 heterocycles. The predicted molar refractivity (Wildman–Crippen MR) is 147 cm³/mol. The largest absolute Gasteiger partial charge is 0.457 e. The van der Waals surface area contributed by atoms with E-state index < -0.39 is 0 Å². The van der Waals surface area contributed by atoms with Crippen LogP contribution in [0.1, 0.15) is 0 Å². The fourth-order valence-electron chi connectivity index (χ4n) is 5.19. The zero-order valence-corrected chi connectivity index (χ0v) is 19.9. The Kier molecular flexibility index (Phi) is 4.67. The van der Waals surface area contributed by atoms with Gasteiger partial charge in [0, 0.05) is 41.8 Å². The summed E-state index contributed by atoms with van der Waals surface area (Å²) in [5.74, 6) is 1.59. The Balaban J connectivity index is 1.25. The molecule has 174 valence electrons. The van der Waals surface area contributed by atoms with E-state index in [4.69, 9.17) is 9.72 Å². The molecule has 0 spiro atoms. The molecule has 5 heteroatoms. The van der Waals surface area contributed by atoms with E-state index >= 15 is 0 Å². The highest BCUT2D eigenvalue weighted by molar-refractivity contribution is 6.07. The number of aromatic nitrogens is 2. The van der Waals surface area contributed by atoms with Crippen LogP contribution in [0.25, 0.3) is 27.6 Å². The van der Waals surface area contributed by atoms with Gasteiger partial charge in [-0.1, -0.05) is 42.5 Å². The van der Waals surface area contributed by atoms with Gasteiger partial charge < -0.3 is 14.5 Å². The average Bonchev–Trinajstić information content (AvgIpc) is 3.44. The zero-order valence-electron chi connectivity index (χ0n) is 19.9. The molecule has 2 aromatic heterocycles. The lowest BCUT2D eigenvalue weighted by molar-refractivity contribution is 0.482. The third kappa shape index (κ3) is 3.28. The molecular weight excluding hydrogens is 444 g/mol. The summed E-state index contributed by atoms with van der Waals surface area (Å²) in [5, 5.41) is 2.33. The van der Waals surface area contributed by atoms with E-state index in [2.05, 4.69) is 100 Å². The summed E-state index contributed by atoms with van der Waals surface area (Å²) in [7, 11) is 2.12. The summed E-state index contributed by atoms with van der Waals surface area (Å²) in [6.07, 6.45) is 1.84. The molecule has 6 aromatic rings. The normalized spacial score (nSPS) is 12.9. The van der Waals surface area contributed by atoms with Gasteiger partial charge >= 0.3 is 0 Å². The van der Waals surface area contributed by atoms with Crippen LogP contribution in [0.2, 0.25) is 0 Å². The van der Waals surface area contributed by atoms with Crippen molar-refractivity contribution in [2.24, 2.45) is 0 Å². The van der Waals surface area contributed by atoms with Crippen molar-refractivity contribution in [2.75, 3.05) is 23.5 Å². The van der Waals surface area contributed by atoms with E-state index in [1.54, 1.807) is 0 Å². The fourth-order valence-corrected chi connectivity index (χ4v) is 5.19. The van der Waals surface area contributed by atoms with Crippen molar-refractivity contribution >= 4 is 39.0 Å². The quantitative estimate of drug-likeness (QED) is 0.268. The second kappa shape index (κ2) is 8.17. The molecular formula is C31H24N4O. The topological polar surface area (TPSA) is 33.5 Å². The zero-order chi connectivity index (χ0) is 24.1. The van der Waals surface area contributed by atoms with Crippen LogP contribution in [0.15, 0.2) is 115 Å². The third-order valence-corrected chi connectivity index (χ3v) is 6.81. The van der Waals surface area contributed by atoms with Crippen molar-refractivity contribution < 1.29 is 4.74 Å². The van der Waals surface area contributed by atoms with Gasteiger partial charge in [-0.05, 0) is 54.6 Å². The van der Waals surface area contributed by atoms with Crippen molar-refractivity contribution in [3.63, 3.8) is 0 Å². The van der Waals surface area contributed by atoms with Gasteiger partial charge in [-0.15, -0.1) is 0 Å². The Labute approximate surface area is 209 Å². The number of para-hydroxylation sites is 3. The fraction of sp³-hybridized carbons (Fsp3) is 0.0645. The van der Waals surface area contributed by atoms with E-state index in [0.29, 0.717) is 0 Å². The van der Waals surface area contributed by atoms with Crippen molar-refractivity contribution in [2.45, 2.75) is 0 Å². The molecule has 0 saturated carbocycles. The lowest BCUT2D eigenvalue weighted by atomic mass is 10.2. The van der Waals surface area contributed by atoms with Crippen molar-refractivity contribution in [1.82, 2.24) is 9.55 Å². The van der Waals surface area contributed by atoms with Crippen LogP contribution < -0.4 is 14.5 Å². The Bertz CT molecular complexity index is 1680. The highest BCUT2D eigenvalue weighted by Gasteiger charge is 2.24. The number of fused-ring (bicyclic) bond motifs is 4. The molecule has 5 nitrogen and oxygen atoms in total. The third-order valence-electron chi connectivity index (χ3n) is 6.81. The SMILES string of the molecule is CN1CN(c2cccc(Oc3cccc(-n4c5ccccc5c5cccnc54)c3)c2)c2ccccc21. The Hall–Kier alpha value is -4.77. The van der Waals surface area contributed by atoms with E-state index in [9.17, 15) is 0 Å². The molecule has 0 fully saturated rings. The van der Waals surface area contributed by atoms with Crippen LogP contribution in [-0.4, -0.2) is 23.3 Å². The minimum Gasteiger partial charge on any atom is -0.457 e. The minimum absolute atomic E-state index is 0.783. The summed E-state index contributed by atoms with van der Waals surface area (Å²) < 4.78 is 8.58. The number of nitrogens with zero attached hydrogens (tertiary/aromatic N) is 4. The summed E-state index contributed by atoms with van der Waals surface area (Å²) >= 11 is 0. The van der Waals surface area contributed by atoms with Crippen molar-refractivity contribution in [3.05, 3.63) is 115 Å². The van der Waals surface area contributed by atoms with Crippen LogP contribution in [0.3, 0.4) is 0 Å². The second-order valence-corrected chi connectivity index (χ2v) is 9.08. The number of hydrogen-bond acceptors (Lipinski definition) is 4. The van der Waals surface area contributed by atoms with E-state index in [-0.39, 0.29) is 0 Å². The van der Waals surface area contributed by atoms with Gasteiger partial charge in [-0.3, -0.25) is 4.57 Å². The van der Waals surface area contributed by atoms with Gasteiger partial charge in [0.15, 0.2) is 0 Å². The number of rotatable bonds is 4. The van der Waals surface area contributed by atoms with Crippen molar-refractivity contribution in [3.8, 4) is 17.2 Å². The first-order chi connectivity index (χ1) is 17.8. The Morgan fingerprint density at radius 2 is 1.36 bits per heavy atom. The summed E-state index contributed by atoms with van der Waals surface area (Å²) in [6.45, 7) is 0.805. The van der Waals surface area contributed by atoms with Gasteiger partial charge in [0.2, 0.25) is 0 Å². The lowest BCUT2D eigenvalue weighted by Crippen LogP contribution is -2.23.